The topological polar surface area (TPSA) is 95.6 Å². The van der Waals surface area contributed by atoms with Crippen LogP contribution in [0, 0.1) is 6.92 Å². The molecule has 7 nitrogen and oxygen atoms in total. The zero-order chi connectivity index (χ0) is 29.6. The van der Waals surface area contributed by atoms with Crippen LogP contribution in [0.2, 0.25) is 5.02 Å². The first-order chi connectivity index (χ1) is 20.3. The van der Waals surface area contributed by atoms with Crippen molar-refractivity contribution in [3.63, 3.8) is 0 Å². The fourth-order valence-electron chi connectivity index (χ4n) is 4.38. The van der Waals surface area contributed by atoms with E-state index in [0.717, 1.165) is 16.0 Å². The van der Waals surface area contributed by atoms with Gasteiger partial charge in [0.15, 0.2) is 0 Å². The van der Waals surface area contributed by atoms with E-state index in [0.29, 0.717) is 22.0 Å². The van der Waals surface area contributed by atoms with E-state index in [4.69, 9.17) is 11.6 Å². The molecule has 1 aliphatic rings. The maximum absolute atomic E-state index is 13.3. The van der Waals surface area contributed by atoms with Crippen LogP contribution in [0.5, 0.6) is 0 Å². The Hall–Kier alpha value is -4.66. The van der Waals surface area contributed by atoms with Crippen LogP contribution in [-0.2, 0) is 14.4 Å². The molecule has 1 heterocycles. The molecule has 0 bridgehead atoms. The molecule has 1 fully saturated rings. The van der Waals surface area contributed by atoms with Crippen LogP contribution in [0.4, 0.5) is 11.4 Å². The quantitative estimate of drug-likeness (QED) is 0.179. The Kier molecular flexibility index (Phi) is 8.85. The van der Waals surface area contributed by atoms with Gasteiger partial charge in [0.05, 0.1) is 10.9 Å². The van der Waals surface area contributed by atoms with E-state index >= 15 is 0 Å². The van der Waals surface area contributed by atoms with Gasteiger partial charge in [-0.2, -0.15) is 0 Å². The Labute approximate surface area is 252 Å². The molecule has 1 saturated heterocycles. The van der Waals surface area contributed by atoms with Gasteiger partial charge >= 0.3 is 0 Å². The van der Waals surface area contributed by atoms with Gasteiger partial charge in [-0.15, -0.1) is 11.8 Å². The Morgan fingerprint density at radius 2 is 1.55 bits per heavy atom. The molecule has 210 valence electrons. The van der Waals surface area contributed by atoms with Crippen molar-refractivity contribution in [3.05, 3.63) is 131 Å². The summed E-state index contributed by atoms with van der Waals surface area (Å²) in [5.74, 6) is -1.45. The molecule has 42 heavy (non-hydrogen) atoms. The molecular weight excluding hydrogens is 570 g/mol. The van der Waals surface area contributed by atoms with Gasteiger partial charge < -0.3 is 10.6 Å². The summed E-state index contributed by atoms with van der Waals surface area (Å²) < 4.78 is 0. The molecule has 1 atom stereocenters. The minimum absolute atomic E-state index is 0.0821. The van der Waals surface area contributed by atoms with Gasteiger partial charge in [0.2, 0.25) is 11.8 Å². The minimum atomic E-state index is -0.564. The number of carbonyl (C=O) groups is 4. The first-order valence-corrected chi connectivity index (χ1v) is 14.4. The SMILES string of the molecule is Cc1ccccc1/C=C(\NC(=O)c1ccccc1)C(=O)Nc1ccc(SC2CC(=O)N(c3ccc(Cl)cc3)C2=O)cc1. The lowest BCUT2D eigenvalue weighted by Crippen LogP contribution is -2.31. The van der Waals surface area contributed by atoms with Crippen molar-refractivity contribution in [1.82, 2.24) is 5.32 Å². The van der Waals surface area contributed by atoms with Crippen LogP contribution in [0.25, 0.3) is 6.08 Å². The summed E-state index contributed by atoms with van der Waals surface area (Å²) in [6.07, 6.45) is 1.73. The van der Waals surface area contributed by atoms with Gasteiger partial charge in [0, 0.05) is 27.6 Å². The normalized spacial score (nSPS) is 15.0. The Balaban J connectivity index is 1.28. The van der Waals surface area contributed by atoms with Crippen LogP contribution in [0.15, 0.2) is 114 Å². The molecule has 0 spiro atoms. The fourth-order valence-corrected chi connectivity index (χ4v) is 5.56. The molecule has 5 rings (SSSR count). The molecule has 1 unspecified atom stereocenters. The van der Waals surface area contributed by atoms with Gasteiger partial charge in [-0.1, -0.05) is 54.1 Å². The maximum Gasteiger partial charge on any atom is 0.272 e. The highest BCUT2D eigenvalue weighted by Crippen LogP contribution is 2.34. The van der Waals surface area contributed by atoms with Crippen molar-refractivity contribution in [1.29, 1.82) is 0 Å². The summed E-state index contributed by atoms with van der Waals surface area (Å²) in [4.78, 5) is 53.8. The summed E-state index contributed by atoms with van der Waals surface area (Å²) in [5.41, 5.74) is 3.26. The summed E-state index contributed by atoms with van der Waals surface area (Å²) in [5, 5.41) is 5.54. The van der Waals surface area contributed by atoms with Gasteiger partial charge in [-0.3, -0.25) is 19.2 Å². The van der Waals surface area contributed by atoms with Gasteiger partial charge in [-0.25, -0.2) is 4.90 Å². The number of nitrogens with one attached hydrogen (secondary N) is 2. The zero-order valence-corrected chi connectivity index (χ0v) is 24.1. The first-order valence-electron chi connectivity index (χ1n) is 13.1. The third kappa shape index (κ3) is 6.79. The molecule has 4 aromatic rings. The number of halogens is 1. The molecule has 4 aromatic carbocycles. The molecule has 0 aliphatic carbocycles. The number of imide groups is 1. The minimum Gasteiger partial charge on any atom is -0.321 e. The number of thioether (sulfide) groups is 1. The second-order valence-corrected chi connectivity index (χ2v) is 11.3. The van der Waals surface area contributed by atoms with E-state index in [-0.39, 0.29) is 23.9 Å². The third-order valence-electron chi connectivity index (χ3n) is 6.60. The van der Waals surface area contributed by atoms with Crippen molar-refractivity contribution >= 4 is 64.4 Å². The number of hydrogen-bond donors (Lipinski definition) is 2. The van der Waals surface area contributed by atoms with Crippen molar-refractivity contribution in [2.75, 3.05) is 10.2 Å². The van der Waals surface area contributed by atoms with Crippen LogP contribution >= 0.6 is 23.4 Å². The van der Waals surface area contributed by atoms with Crippen LogP contribution in [-0.4, -0.2) is 28.9 Å². The smallest absolute Gasteiger partial charge is 0.272 e. The number of rotatable bonds is 8. The van der Waals surface area contributed by atoms with Gasteiger partial charge in [0.25, 0.3) is 11.8 Å². The fraction of sp³-hybridized carbons (Fsp3) is 0.0909. The second-order valence-electron chi connectivity index (χ2n) is 9.57. The summed E-state index contributed by atoms with van der Waals surface area (Å²) >= 11 is 7.23. The average molecular weight is 596 g/mol. The van der Waals surface area contributed by atoms with E-state index in [9.17, 15) is 19.2 Å². The van der Waals surface area contributed by atoms with Crippen molar-refractivity contribution in [3.8, 4) is 0 Å². The molecule has 9 heteroatoms. The number of carbonyl (C=O) groups excluding carboxylic acids is 4. The number of benzene rings is 4. The monoisotopic (exact) mass is 595 g/mol. The number of anilines is 2. The van der Waals surface area contributed by atoms with Gasteiger partial charge in [-0.05, 0) is 84.8 Å². The molecular formula is C33H26ClN3O4S. The number of aryl methyl sites for hydroxylation is 1. The van der Waals surface area contributed by atoms with E-state index in [2.05, 4.69) is 10.6 Å². The van der Waals surface area contributed by atoms with Crippen molar-refractivity contribution < 1.29 is 19.2 Å². The lowest BCUT2D eigenvalue weighted by molar-refractivity contribution is -0.121. The molecule has 2 N–H and O–H groups in total. The van der Waals surface area contributed by atoms with Crippen molar-refractivity contribution in [2.45, 2.75) is 23.5 Å². The Morgan fingerprint density at radius 1 is 0.881 bits per heavy atom. The van der Waals surface area contributed by atoms with Gasteiger partial charge in [0.1, 0.15) is 5.70 Å². The van der Waals surface area contributed by atoms with Crippen LogP contribution in [0.3, 0.4) is 0 Å². The first kappa shape index (κ1) is 28.9. The molecule has 4 amide bonds. The highest BCUT2D eigenvalue weighted by Gasteiger charge is 2.40. The Bertz CT molecular complexity index is 1670. The highest BCUT2D eigenvalue weighted by molar-refractivity contribution is 8.00. The molecule has 0 saturated carbocycles. The summed E-state index contributed by atoms with van der Waals surface area (Å²) in [6, 6.07) is 29.8. The van der Waals surface area contributed by atoms with Crippen LogP contribution < -0.4 is 15.5 Å². The predicted molar refractivity (Wildman–Crippen MR) is 166 cm³/mol. The molecule has 0 aromatic heterocycles. The highest BCUT2D eigenvalue weighted by atomic mass is 35.5. The average Bonchev–Trinajstić information content (AvgIpc) is 3.27. The molecule has 0 radical (unpaired) electrons. The second kappa shape index (κ2) is 12.9. The predicted octanol–water partition coefficient (Wildman–Crippen LogP) is 6.48. The Morgan fingerprint density at radius 3 is 2.24 bits per heavy atom. The van der Waals surface area contributed by atoms with E-state index in [1.807, 2.05) is 37.3 Å². The lowest BCUT2D eigenvalue weighted by atomic mass is 10.1. The largest absolute Gasteiger partial charge is 0.321 e. The van der Waals surface area contributed by atoms with Crippen LogP contribution in [0.1, 0.15) is 27.9 Å². The van der Waals surface area contributed by atoms with E-state index in [1.54, 1.807) is 78.9 Å². The summed E-state index contributed by atoms with van der Waals surface area (Å²) in [6.45, 7) is 1.92. The van der Waals surface area contributed by atoms with E-state index < -0.39 is 17.1 Å². The number of hydrogen-bond acceptors (Lipinski definition) is 5. The maximum atomic E-state index is 13.3. The van der Waals surface area contributed by atoms with E-state index in [1.165, 1.54) is 16.7 Å². The zero-order valence-electron chi connectivity index (χ0n) is 22.5. The molecule has 1 aliphatic heterocycles. The number of amides is 4. The van der Waals surface area contributed by atoms with Crippen molar-refractivity contribution in [2.24, 2.45) is 0 Å². The standard InChI is InChI=1S/C33H26ClN3O4S/c1-21-7-5-6-10-23(21)19-28(36-31(39)22-8-3-2-4-9-22)32(40)35-25-13-17-27(18-14-25)42-29-20-30(38)37(33(29)41)26-15-11-24(34)12-16-26/h2-19,29H,20H2,1H3,(H,35,40)(H,36,39)/b28-19-. The third-order valence-corrected chi connectivity index (χ3v) is 8.05. The summed E-state index contributed by atoms with van der Waals surface area (Å²) in [7, 11) is 0. The lowest BCUT2D eigenvalue weighted by Gasteiger charge is -2.15. The number of nitrogens with zero attached hydrogens (tertiary/aromatic N) is 1.